The smallest absolute Gasteiger partial charge is 0.339 e. The Morgan fingerprint density at radius 1 is 1.56 bits per heavy atom. The Balaban J connectivity index is 2.48. The molecule has 0 saturated carbocycles. The monoisotopic (exact) mass is 247 g/mol. The van der Waals surface area contributed by atoms with Crippen molar-refractivity contribution in [3.05, 3.63) is 35.8 Å². The van der Waals surface area contributed by atoms with Crippen LogP contribution in [0.4, 0.5) is 0 Å². The van der Waals surface area contributed by atoms with E-state index in [1.807, 2.05) is 6.92 Å². The van der Waals surface area contributed by atoms with Crippen molar-refractivity contribution in [2.24, 2.45) is 0 Å². The summed E-state index contributed by atoms with van der Waals surface area (Å²) in [6, 6.07) is 3.52. The van der Waals surface area contributed by atoms with Gasteiger partial charge in [0.25, 0.3) is 0 Å². The lowest BCUT2D eigenvalue weighted by molar-refractivity contribution is 0.0696. The number of aromatic carboxylic acids is 1. The Labute approximate surface area is 104 Å². The summed E-state index contributed by atoms with van der Waals surface area (Å²) in [7, 11) is 0. The normalized spacial score (nSPS) is 10.3. The minimum atomic E-state index is -1.01. The van der Waals surface area contributed by atoms with E-state index < -0.39 is 5.97 Å². The van der Waals surface area contributed by atoms with Gasteiger partial charge in [-0.2, -0.15) is 5.10 Å². The summed E-state index contributed by atoms with van der Waals surface area (Å²) in [5.41, 5.74) is 0.596. The zero-order valence-corrected chi connectivity index (χ0v) is 10.1. The van der Waals surface area contributed by atoms with Crippen molar-refractivity contribution in [1.82, 2.24) is 14.8 Å². The molecule has 0 aliphatic heterocycles. The molecule has 18 heavy (non-hydrogen) atoms. The lowest BCUT2D eigenvalue weighted by Gasteiger charge is -2.07. The standard InChI is InChI=1S/C12H13N3O3/c1-3-18-10-5-4-6-13-11(10)15-7-9(12(16)17)8(2)14-15/h4-7H,3H2,1-2H3,(H,16,17). The molecule has 0 fully saturated rings. The fourth-order valence-corrected chi connectivity index (χ4v) is 1.60. The second-order valence-corrected chi connectivity index (χ2v) is 3.64. The Morgan fingerprint density at radius 2 is 2.33 bits per heavy atom. The fraction of sp³-hybridized carbons (Fsp3) is 0.250. The maximum Gasteiger partial charge on any atom is 0.339 e. The maximum absolute atomic E-state index is 11.0. The molecule has 0 bridgehead atoms. The first-order valence-corrected chi connectivity index (χ1v) is 5.51. The maximum atomic E-state index is 11.0. The lowest BCUT2D eigenvalue weighted by atomic mass is 10.3. The van der Waals surface area contributed by atoms with Crippen LogP contribution in [0, 0.1) is 6.92 Å². The van der Waals surface area contributed by atoms with Gasteiger partial charge in [-0.15, -0.1) is 0 Å². The van der Waals surface area contributed by atoms with E-state index >= 15 is 0 Å². The number of aromatic nitrogens is 3. The summed E-state index contributed by atoms with van der Waals surface area (Å²) in [6.07, 6.45) is 3.04. The summed E-state index contributed by atoms with van der Waals surface area (Å²) in [6.45, 7) is 4.02. The third-order valence-electron chi connectivity index (χ3n) is 2.40. The molecule has 2 aromatic rings. The first-order valence-electron chi connectivity index (χ1n) is 5.51. The first kappa shape index (κ1) is 12.1. The summed E-state index contributed by atoms with van der Waals surface area (Å²) in [4.78, 5) is 15.1. The van der Waals surface area contributed by atoms with Crippen molar-refractivity contribution in [2.75, 3.05) is 6.61 Å². The summed E-state index contributed by atoms with van der Waals surface area (Å²) in [5, 5.41) is 13.1. The largest absolute Gasteiger partial charge is 0.490 e. The van der Waals surface area contributed by atoms with Crippen LogP contribution in [0.5, 0.6) is 5.75 Å². The zero-order valence-electron chi connectivity index (χ0n) is 10.1. The molecule has 0 saturated heterocycles. The second-order valence-electron chi connectivity index (χ2n) is 3.64. The fourth-order valence-electron chi connectivity index (χ4n) is 1.60. The van der Waals surface area contributed by atoms with E-state index in [1.54, 1.807) is 25.3 Å². The number of hydrogen-bond acceptors (Lipinski definition) is 4. The molecule has 6 heteroatoms. The van der Waals surface area contributed by atoms with Crippen molar-refractivity contribution in [3.8, 4) is 11.6 Å². The number of nitrogens with zero attached hydrogens (tertiary/aromatic N) is 3. The van der Waals surface area contributed by atoms with Gasteiger partial charge in [0.2, 0.25) is 0 Å². The highest BCUT2D eigenvalue weighted by Gasteiger charge is 2.15. The highest BCUT2D eigenvalue weighted by atomic mass is 16.5. The van der Waals surface area contributed by atoms with Gasteiger partial charge >= 0.3 is 5.97 Å². The molecule has 0 aromatic carbocycles. The van der Waals surface area contributed by atoms with Gasteiger partial charge in [0.15, 0.2) is 11.6 Å². The molecule has 6 nitrogen and oxygen atoms in total. The average Bonchev–Trinajstić information content (AvgIpc) is 2.72. The van der Waals surface area contributed by atoms with Crippen molar-refractivity contribution < 1.29 is 14.6 Å². The molecule has 0 aliphatic rings. The molecular formula is C12H13N3O3. The van der Waals surface area contributed by atoms with Gasteiger partial charge in [0, 0.05) is 12.4 Å². The topological polar surface area (TPSA) is 77.2 Å². The minimum Gasteiger partial charge on any atom is -0.490 e. The number of carboxylic acid groups (broad SMARTS) is 1. The highest BCUT2D eigenvalue weighted by Crippen LogP contribution is 2.20. The van der Waals surface area contributed by atoms with Gasteiger partial charge in [-0.1, -0.05) is 0 Å². The molecular weight excluding hydrogens is 234 g/mol. The van der Waals surface area contributed by atoms with Crippen LogP contribution in [0.15, 0.2) is 24.5 Å². The SMILES string of the molecule is CCOc1cccnc1-n1cc(C(=O)O)c(C)n1. The van der Waals surface area contributed by atoms with Crippen molar-refractivity contribution >= 4 is 5.97 Å². The number of rotatable bonds is 4. The van der Waals surface area contributed by atoms with Crippen LogP contribution in [0.1, 0.15) is 23.0 Å². The molecule has 0 unspecified atom stereocenters. The van der Waals surface area contributed by atoms with Crippen LogP contribution in [-0.2, 0) is 0 Å². The summed E-state index contributed by atoms with van der Waals surface area (Å²) < 4.78 is 6.85. The summed E-state index contributed by atoms with van der Waals surface area (Å²) in [5.74, 6) is 0.0435. The van der Waals surface area contributed by atoms with Gasteiger partial charge in [0.05, 0.1) is 12.3 Å². The van der Waals surface area contributed by atoms with Crippen LogP contribution in [0.2, 0.25) is 0 Å². The van der Waals surface area contributed by atoms with Crippen LogP contribution in [-0.4, -0.2) is 32.4 Å². The van der Waals surface area contributed by atoms with E-state index in [-0.39, 0.29) is 5.56 Å². The van der Waals surface area contributed by atoms with Crippen LogP contribution in [0.3, 0.4) is 0 Å². The molecule has 2 aromatic heterocycles. The van der Waals surface area contributed by atoms with E-state index in [0.29, 0.717) is 23.9 Å². The minimum absolute atomic E-state index is 0.156. The van der Waals surface area contributed by atoms with Crippen LogP contribution >= 0.6 is 0 Å². The van der Waals surface area contributed by atoms with Crippen molar-refractivity contribution in [1.29, 1.82) is 0 Å². The van der Waals surface area contributed by atoms with Crippen LogP contribution < -0.4 is 4.74 Å². The van der Waals surface area contributed by atoms with Gasteiger partial charge < -0.3 is 9.84 Å². The van der Waals surface area contributed by atoms with Crippen molar-refractivity contribution in [2.45, 2.75) is 13.8 Å². The van der Waals surface area contributed by atoms with E-state index in [0.717, 1.165) is 0 Å². The van der Waals surface area contributed by atoms with E-state index in [2.05, 4.69) is 10.1 Å². The molecule has 0 amide bonds. The predicted octanol–water partition coefficient (Wildman–Crippen LogP) is 1.67. The molecule has 2 heterocycles. The summed E-state index contributed by atoms with van der Waals surface area (Å²) >= 11 is 0. The molecule has 0 aliphatic carbocycles. The third-order valence-corrected chi connectivity index (χ3v) is 2.40. The van der Waals surface area contributed by atoms with E-state index in [9.17, 15) is 4.79 Å². The molecule has 94 valence electrons. The number of pyridine rings is 1. The Bertz CT molecular complexity index is 578. The number of aryl methyl sites for hydroxylation is 1. The van der Waals surface area contributed by atoms with E-state index in [1.165, 1.54) is 10.9 Å². The first-order chi connectivity index (χ1) is 8.63. The van der Waals surface area contributed by atoms with Gasteiger partial charge in [-0.3, -0.25) is 0 Å². The Morgan fingerprint density at radius 3 is 2.94 bits per heavy atom. The average molecular weight is 247 g/mol. The highest BCUT2D eigenvalue weighted by molar-refractivity contribution is 5.88. The van der Waals surface area contributed by atoms with Gasteiger partial charge in [-0.25, -0.2) is 14.5 Å². The molecule has 2 rings (SSSR count). The lowest BCUT2D eigenvalue weighted by Crippen LogP contribution is -2.03. The second kappa shape index (κ2) is 4.87. The van der Waals surface area contributed by atoms with Gasteiger partial charge in [0.1, 0.15) is 5.56 Å². The van der Waals surface area contributed by atoms with Crippen LogP contribution in [0.25, 0.3) is 5.82 Å². The van der Waals surface area contributed by atoms with E-state index in [4.69, 9.17) is 9.84 Å². The molecule has 0 spiro atoms. The van der Waals surface area contributed by atoms with Crippen molar-refractivity contribution in [3.63, 3.8) is 0 Å². The van der Waals surface area contributed by atoms with Gasteiger partial charge in [-0.05, 0) is 26.0 Å². The molecule has 1 N–H and O–H groups in total. The molecule has 0 radical (unpaired) electrons. The Kier molecular flexibility index (Phi) is 3.27. The third kappa shape index (κ3) is 2.17. The number of ether oxygens (including phenoxy) is 1. The predicted molar refractivity (Wildman–Crippen MR) is 64.2 cm³/mol. The number of carbonyl (C=O) groups is 1. The number of carboxylic acids is 1. The quantitative estimate of drug-likeness (QED) is 0.889. The number of hydrogen-bond donors (Lipinski definition) is 1. The molecule has 0 atom stereocenters. The zero-order chi connectivity index (χ0) is 13.1. The Hall–Kier alpha value is -2.37.